The Morgan fingerprint density at radius 3 is 2.76 bits per heavy atom. The number of aliphatic carboxylic acids is 1. The van der Waals surface area contributed by atoms with Crippen LogP contribution >= 0.6 is 23.1 Å². The van der Waals surface area contributed by atoms with Gasteiger partial charge in [0.15, 0.2) is 0 Å². The van der Waals surface area contributed by atoms with Gasteiger partial charge in [0, 0.05) is 41.1 Å². The Bertz CT molecular complexity index is 1180. The molecule has 3 N–H and O–H groups in total. The van der Waals surface area contributed by atoms with Crippen LogP contribution in [0, 0.1) is 11.3 Å². The summed E-state index contributed by atoms with van der Waals surface area (Å²) in [4.78, 5) is 49.7. The van der Waals surface area contributed by atoms with Crippen molar-refractivity contribution in [2.45, 2.75) is 24.8 Å². The van der Waals surface area contributed by atoms with E-state index in [1.165, 1.54) is 30.0 Å². The van der Waals surface area contributed by atoms with Crippen molar-refractivity contribution in [3.63, 3.8) is 0 Å². The van der Waals surface area contributed by atoms with Crippen LogP contribution in [0.4, 0.5) is 10.7 Å². The third-order valence-corrected chi connectivity index (χ3v) is 6.84. The summed E-state index contributed by atoms with van der Waals surface area (Å²) >= 11 is 2.57. The molecule has 0 fully saturated rings. The molecule has 1 aliphatic rings. The van der Waals surface area contributed by atoms with E-state index in [1.807, 2.05) is 0 Å². The van der Waals surface area contributed by atoms with Gasteiger partial charge in [-0.1, -0.05) is 6.07 Å². The summed E-state index contributed by atoms with van der Waals surface area (Å²) in [5.74, 6) is -2.01. The number of amides is 3. The molecule has 0 radical (unpaired) electrons. The zero-order valence-corrected chi connectivity index (χ0v) is 19.2. The van der Waals surface area contributed by atoms with Crippen molar-refractivity contribution in [2.75, 3.05) is 22.9 Å². The van der Waals surface area contributed by atoms with Crippen molar-refractivity contribution < 1.29 is 24.3 Å². The molecule has 3 rings (SSSR count). The van der Waals surface area contributed by atoms with Gasteiger partial charge in [0.25, 0.3) is 0 Å². The molecule has 9 nitrogen and oxygen atoms in total. The largest absolute Gasteiger partial charge is 0.478 e. The van der Waals surface area contributed by atoms with E-state index in [0.29, 0.717) is 35.8 Å². The Kier molecular flexibility index (Phi) is 7.87. The van der Waals surface area contributed by atoms with E-state index in [2.05, 4.69) is 16.7 Å². The fourth-order valence-corrected chi connectivity index (χ4v) is 5.17. The second-order valence-electron chi connectivity index (χ2n) is 7.04. The molecule has 0 bridgehead atoms. The molecule has 11 heteroatoms. The maximum Gasteiger partial charge on any atom is 0.328 e. The highest BCUT2D eigenvalue weighted by Gasteiger charge is 2.26. The molecule has 0 atom stereocenters. The number of benzene rings is 1. The first-order chi connectivity index (χ1) is 15.8. The first-order valence-corrected chi connectivity index (χ1v) is 11.6. The highest BCUT2D eigenvalue weighted by Crippen LogP contribution is 2.36. The van der Waals surface area contributed by atoms with Crippen LogP contribution in [-0.2, 0) is 32.1 Å². The first kappa shape index (κ1) is 24.0. The lowest BCUT2D eigenvalue weighted by molar-refractivity contribution is -0.132. The Hall–Kier alpha value is -3.62. The Balaban J connectivity index is 1.60. The molecular weight excluding hydrogens is 464 g/mol. The summed E-state index contributed by atoms with van der Waals surface area (Å²) in [6, 6.07) is 8.98. The molecule has 0 spiro atoms. The van der Waals surface area contributed by atoms with Crippen LogP contribution in [0.3, 0.4) is 0 Å². The van der Waals surface area contributed by atoms with Crippen molar-refractivity contribution in [1.82, 2.24) is 4.90 Å². The Morgan fingerprint density at radius 2 is 2.06 bits per heavy atom. The molecule has 1 aliphatic heterocycles. The molecular formula is C22H20N4O5S2. The van der Waals surface area contributed by atoms with Gasteiger partial charge in [0.2, 0.25) is 17.7 Å². The zero-order valence-electron chi connectivity index (χ0n) is 17.6. The van der Waals surface area contributed by atoms with E-state index in [4.69, 9.17) is 5.11 Å². The summed E-state index contributed by atoms with van der Waals surface area (Å²) in [6.45, 7) is 2.50. The normalized spacial score (nSPS) is 12.7. The van der Waals surface area contributed by atoms with Crippen LogP contribution in [0.25, 0.3) is 0 Å². The molecule has 3 amide bonds. The molecule has 0 aliphatic carbocycles. The predicted octanol–water partition coefficient (Wildman–Crippen LogP) is 2.83. The quantitative estimate of drug-likeness (QED) is 0.405. The number of thiophene rings is 1. The number of rotatable bonds is 7. The Morgan fingerprint density at radius 1 is 1.27 bits per heavy atom. The number of carboxylic acid groups (broad SMARTS) is 1. The minimum Gasteiger partial charge on any atom is -0.478 e. The zero-order chi connectivity index (χ0) is 24.0. The minimum atomic E-state index is -1.22. The third kappa shape index (κ3) is 6.44. The lowest BCUT2D eigenvalue weighted by Crippen LogP contribution is -2.33. The van der Waals surface area contributed by atoms with Gasteiger partial charge in [-0.05, 0) is 30.2 Å². The number of nitrogens with one attached hydrogen (secondary N) is 2. The second kappa shape index (κ2) is 10.8. The van der Waals surface area contributed by atoms with Gasteiger partial charge in [0.05, 0.1) is 17.9 Å². The first-order valence-electron chi connectivity index (χ1n) is 9.81. The van der Waals surface area contributed by atoms with E-state index in [1.54, 1.807) is 29.2 Å². The van der Waals surface area contributed by atoms with Gasteiger partial charge in [-0.3, -0.25) is 14.4 Å². The average Bonchev–Trinajstić information content (AvgIpc) is 3.12. The molecule has 0 saturated carbocycles. The van der Waals surface area contributed by atoms with Crippen molar-refractivity contribution >= 4 is 57.5 Å². The lowest BCUT2D eigenvalue weighted by Gasteiger charge is -2.25. The van der Waals surface area contributed by atoms with E-state index in [-0.39, 0.29) is 17.6 Å². The highest BCUT2D eigenvalue weighted by molar-refractivity contribution is 8.00. The van der Waals surface area contributed by atoms with Crippen molar-refractivity contribution in [3.8, 4) is 6.07 Å². The maximum atomic E-state index is 12.5. The maximum absolute atomic E-state index is 12.5. The standard InChI is InChI=1S/C22H20N4O5S2/c1-13(27)26-8-7-16-17(10-23)22(33-18(16)11-26)25-20(29)12-32-15-4-2-3-14(9-15)24-19(28)5-6-21(30)31/h2-6,9H,7-8,11-12H2,1H3,(H,24,28)(H,25,29)(H,30,31)/b6-5+. The molecule has 1 aromatic carbocycles. The number of carbonyl (C=O) groups excluding carboxylic acids is 3. The van der Waals surface area contributed by atoms with Crippen molar-refractivity contribution in [1.29, 1.82) is 5.26 Å². The van der Waals surface area contributed by atoms with Gasteiger partial charge in [0.1, 0.15) is 11.1 Å². The van der Waals surface area contributed by atoms with Crippen LogP contribution in [-0.4, -0.2) is 46.0 Å². The number of carboxylic acids is 1. The molecule has 1 aromatic heterocycles. The van der Waals surface area contributed by atoms with Crippen LogP contribution in [0.5, 0.6) is 0 Å². The number of fused-ring (bicyclic) bond motifs is 1. The van der Waals surface area contributed by atoms with Crippen LogP contribution in [0.1, 0.15) is 22.9 Å². The number of carbonyl (C=O) groups is 4. The highest BCUT2D eigenvalue weighted by atomic mass is 32.2. The topological polar surface area (TPSA) is 140 Å². The van der Waals surface area contributed by atoms with Gasteiger partial charge >= 0.3 is 5.97 Å². The molecule has 0 unspecified atom stereocenters. The van der Waals surface area contributed by atoms with E-state index < -0.39 is 11.9 Å². The smallest absolute Gasteiger partial charge is 0.328 e. The predicted molar refractivity (Wildman–Crippen MR) is 125 cm³/mol. The molecule has 170 valence electrons. The average molecular weight is 485 g/mol. The fraction of sp³-hybridized carbons (Fsp3) is 0.227. The number of nitriles is 1. The molecule has 2 aromatic rings. The van der Waals surface area contributed by atoms with E-state index in [0.717, 1.165) is 27.5 Å². The lowest BCUT2D eigenvalue weighted by atomic mass is 10.0. The number of hydrogen-bond donors (Lipinski definition) is 3. The summed E-state index contributed by atoms with van der Waals surface area (Å²) in [5.41, 5.74) is 1.81. The summed E-state index contributed by atoms with van der Waals surface area (Å²) in [6.07, 6.45) is 2.24. The van der Waals surface area contributed by atoms with Gasteiger partial charge in [-0.25, -0.2) is 4.79 Å². The third-order valence-electron chi connectivity index (χ3n) is 4.72. The van der Waals surface area contributed by atoms with Crippen molar-refractivity contribution in [3.05, 3.63) is 52.4 Å². The number of hydrogen-bond acceptors (Lipinski definition) is 7. The van der Waals surface area contributed by atoms with E-state index >= 15 is 0 Å². The van der Waals surface area contributed by atoms with Gasteiger partial charge in [-0.2, -0.15) is 5.26 Å². The molecule has 2 heterocycles. The second-order valence-corrected chi connectivity index (χ2v) is 9.19. The number of anilines is 2. The van der Waals surface area contributed by atoms with Gasteiger partial charge in [-0.15, -0.1) is 23.1 Å². The molecule has 33 heavy (non-hydrogen) atoms. The Labute approximate surface area is 198 Å². The van der Waals surface area contributed by atoms with Crippen molar-refractivity contribution in [2.24, 2.45) is 0 Å². The SMILES string of the molecule is CC(=O)N1CCc2c(sc(NC(=O)CSc3cccc(NC(=O)/C=C/C(=O)O)c3)c2C#N)C1. The van der Waals surface area contributed by atoms with Crippen LogP contribution in [0.15, 0.2) is 41.3 Å². The summed E-state index contributed by atoms with van der Waals surface area (Å²) in [5, 5.41) is 24.0. The number of nitrogens with zero attached hydrogens (tertiary/aromatic N) is 2. The summed E-state index contributed by atoms with van der Waals surface area (Å²) < 4.78 is 0. The molecule has 0 saturated heterocycles. The van der Waals surface area contributed by atoms with E-state index in [9.17, 15) is 24.4 Å². The monoisotopic (exact) mass is 484 g/mol. The number of thioether (sulfide) groups is 1. The fourth-order valence-electron chi connectivity index (χ4n) is 3.18. The minimum absolute atomic E-state index is 0.0223. The van der Waals surface area contributed by atoms with Crippen LogP contribution in [0.2, 0.25) is 0 Å². The summed E-state index contributed by atoms with van der Waals surface area (Å²) in [7, 11) is 0. The van der Waals surface area contributed by atoms with Gasteiger partial charge < -0.3 is 20.6 Å². The van der Waals surface area contributed by atoms with Crippen LogP contribution < -0.4 is 10.6 Å².